The molecule has 0 aromatic carbocycles. The van der Waals surface area contributed by atoms with Gasteiger partial charge in [0, 0.05) is 18.9 Å². The van der Waals surface area contributed by atoms with E-state index in [2.05, 4.69) is 11.8 Å². The first-order chi connectivity index (χ1) is 8.73. The van der Waals surface area contributed by atoms with E-state index in [9.17, 15) is 5.11 Å². The van der Waals surface area contributed by atoms with Crippen LogP contribution in [0.1, 0.15) is 64.7 Å². The lowest BCUT2D eigenvalue weighted by Crippen LogP contribution is -2.58. The fourth-order valence-electron chi connectivity index (χ4n) is 4.15. The van der Waals surface area contributed by atoms with E-state index < -0.39 is 5.72 Å². The smallest absolute Gasteiger partial charge is 0.164 e. The molecule has 2 fully saturated rings. The highest BCUT2D eigenvalue weighted by atomic mass is 16.3. The lowest BCUT2D eigenvalue weighted by molar-refractivity contribution is -0.127. The number of aliphatic hydroxyl groups is 1. The van der Waals surface area contributed by atoms with Crippen molar-refractivity contribution in [2.75, 3.05) is 6.54 Å². The summed E-state index contributed by atoms with van der Waals surface area (Å²) in [4.78, 5) is 7.07. The van der Waals surface area contributed by atoms with Crippen molar-refractivity contribution in [1.82, 2.24) is 4.90 Å². The van der Waals surface area contributed by atoms with Gasteiger partial charge in [-0.05, 0) is 32.6 Å². The van der Waals surface area contributed by atoms with E-state index in [1.807, 2.05) is 0 Å². The van der Waals surface area contributed by atoms with Crippen LogP contribution in [0.2, 0.25) is 0 Å². The third-order valence-corrected chi connectivity index (χ3v) is 5.19. The summed E-state index contributed by atoms with van der Waals surface area (Å²) in [6.07, 6.45) is 11.1. The van der Waals surface area contributed by atoms with E-state index >= 15 is 0 Å². The quantitative estimate of drug-likeness (QED) is 0.776. The molecule has 102 valence electrons. The maximum Gasteiger partial charge on any atom is 0.164 e. The Morgan fingerprint density at radius 1 is 1.11 bits per heavy atom. The number of aliphatic imine (C=N–C) groups is 1. The average Bonchev–Trinajstić information content (AvgIpc) is 2.59. The summed E-state index contributed by atoms with van der Waals surface area (Å²) in [5, 5.41) is 11.3. The molecule has 18 heavy (non-hydrogen) atoms. The first-order valence-corrected chi connectivity index (χ1v) is 7.79. The second-order valence-electron chi connectivity index (χ2n) is 6.30. The van der Waals surface area contributed by atoms with E-state index in [1.165, 1.54) is 57.2 Å². The van der Waals surface area contributed by atoms with E-state index in [4.69, 9.17) is 4.99 Å². The molecule has 1 saturated heterocycles. The highest BCUT2D eigenvalue weighted by Gasteiger charge is 2.51. The molecule has 2 unspecified atom stereocenters. The fourth-order valence-corrected chi connectivity index (χ4v) is 4.15. The molecule has 1 aliphatic carbocycles. The minimum atomic E-state index is -0.667. The minimum absolute atomic E-state index is 0.0636. The van der Waals surface area contributed by atoms with Gasteiger partial charge in [-0.25, -0.2) is 0 Å². The molecule has 3 aliphatic rings. The van der Waals surface area contributed by atoms with Crippen molar-refractivity contribution in [1.29, 1.82) is 0 Å². The number of nitrogens with zero attached hydrogens (tertiary/aromatic N) is 2. The third kappa shape index (κ3) is 1.87. The van der Waals surface area contributed by atoms with Gasteiger partial charge in [0.05, 0.1) is 6.04 Å². The normalized spacial score (nSPS) is 38.2. The molecule has 3 nitrogen and oxygen atoms in total. The van der Waals surface area contributed by atoms with Gasteiger partial charge in [-0.15, -0.1) is 0 Å². The molecule has 0 aromatic rings. The SMILES string of the molecule is CC1N=C2CCCCCN2C1(O)C1CCCCC1. The maximum atomic E-state index is 11.3. The topological polar surface area (TPSA) is 35.8 Å². The number of fused-ring (bicyclic) bond motifs is 1. The Morgan fingerprint density at radius 2 is 1.83 bits per heavy atom. The lowest BCUT2D eigenvalue weighted by atomic mass is 9.78. The predicted octanol–water partition coefficient (Wildman–Crippen LogP) is 2.93. The largest absolute Gasteiger partial charge is 0.368 e. The van der Waals surface area contributed by atoms with Crippen LogP contribution in [-0.4, -0.2) is 34.2 Å². The summed E-state index contributed by atoms with van der Waals surface area (Å²) in [6, 6.07) is 0.0636. The summed E-state index contributed by atoms with van der Waals surface area (Å²) >= 11 is 0. The van der Waals surface area contributed by atoms with Crippen LogP contribution < -0.4 is 0 Å². The zero-order valence-electron chi connectivity index (χ0n) is 11.6. The molecule has 2 aliphatic heterocycles. The van der Waals surface area contributed by atoms with Crippen molar-refractivity contribution in [2.45, 2.75) is 76.5 Å². The first kappa shape index (κ1) is 12.5. The van der Waals surface area contributed by atoms with Gasteiger partial charge in [-0.2, -0.15) is 0 Å². The lowest BCUT2D eigenvalue weighted by Gasteiger charge is -2.45. The standard InChI is InChI=1S/C15H26N2O/c1-12-15(18,13-8-4-2-5-9-13)17-11-7-3-6-10-14(17)16-12/h12-13,18H,2-11H2,1H3. The van der Waals surface area contributed by atoms with Gasteiger partial charge >= 0.3 is 0 Å². The van der Waals surface area contributed by atoms with Gasteiger partial charge < -0.3 is 10.0 Å². The van der Waals surface area contributed by atoms with Gasteiger partial charge in [-0.3, -0.25) is 4.99 Å². The Morgan fingerprint density at radius 3 is 2.61 bits per heavy atom. The monoisotopic (exact) mass is 250 g/mol. The van der Waals surface area contributed by atoms with Crippen molar-refractivity contribution < 1.29 is 5.11 Å². The number of rotatable bonds is 1. The van der Waals surface area contributed by atoms with Gasteiger partial charge in [0.1, 0.15) is 5.84 Å². The summed E-state index contributed by atoms with van der Waals surface area (Å²) in [5.74, 6) is 1.62. The zero-order chi connectivity index (χ0) is 12.6. The molecule has 0 bridgehead atoms. The second kappa shape index (κ2) is 4.84. The molecule has 1 saturated carbocycles. The number of hydrogen-bond acceptors (Lipinski definition) is 3. The van der Waals surface area contributed by atoms with E-state index in [0.717, 1.165) is 13.0 Å². The molecular formula is C15H26N2O. The van der Waals surface area contributed by atoms with Crippen LogP contribution in [0.5, 0.6) is 0 Å². The third-order valence-electron chi connectivity index (χ3n) is 5.19. The Hall–Kier alpha value is -0.570. The second-order valence-corrected chi connectivity index (χ2v) is 6.30. The van der Waals surface area contributed by atoms with Gasteiger partial charge in [-0.1, -0.05) is 25.7 Å². The van der Waals surface area contributed by atoms with Crippen LogP contribution in [0, 0.1) is 5.92 Å². The van der Waals surface area contributed by atoms with Crippen molar-refractivity contribution in [3.8, 4) is 0 Å². The van der Waals surface area contributed by atoms with E-state index in [-0.39, 0.29) is 6.04 Å². The molecule has 2 atom stereocenters. The van der Waals surface area contributed by atoms with Gasteiger partial charge in [0.2, 0.25) is 0 Å². The summed E-state index contributed by atoms with van der Waals surface area (Å²) in [6.45, 7) is 3.12. The number of hydrogen-bond donors (Lipinski definition) is 1. The van der Waals surface area contributed by atoms with Crippen molar-refractivity contribution in [3.63, 3.8) is 0 Å². The fraction of sp³-hybridized carbons (Fsp3) is 0.933. The van der Waals surface area contributed by atoms with Crippen LogP contribution in [0.3, 0.4) is 0 Å². The van der Waals surface area contributed by atoms with Crippen LogP contribution >= 0.6 is 0 Å². The number of amidine groups is 1. The Labute approximate surface area is 110 Å². The Bertz CT molecular complexity index is 335. The molecular weight excluding hydrogens is 224 g/mol. The summed E-state index contributed by atoms with van der Waals surface area (Å²) in [7, 11) is 0. The Balaban J connectivity index is 1.85. The van der Waals surface area contributed by atoms with E-state index in [0.29, 0.717) is 5.92 Å². The molecule has 3 rings (SSSR count). The van der Waals surface area contributed by atoms with Crippen LogP contribution in [0.15, 0.2) is 4.99 Å². The highest BCUT2D eigenvalue weighted by Crippen LogP contribution is 2.42. The van der Waals surface area contributed by atoms with Crippen LogP contribution in [-0.2, 0) is 0 Å². The molecule has 0 amide bonds. The molecule has 2 heterocycles. The molecule has 0 aromatic heterocycles. The molecule has 0 spiro atoms. The first-order valence-electron chi connectivity index (χ1n) is 7.79. The summed E-state index contributed by atoms with van der Waals surface area (Å²) < 4.78 is 0. The van der Waals surface area contributed by atoms with Gasteiger partial charge in [0.25, 0.3) is 0 Å². The molecule has 3 heteroatoms. The van der Waals surface area contributed by atoms with Crippen LogP contribution in [0.25, 0.3) is 0 Å². The van der Waals surface area contributed by atoms with Crippen molar-refractivity contribution >= 4 is 5.84 Å². The minimum Gasteiger partial charge on any atom is -0.368 e. The predicted molar refractivity (Wildman–Crippen MR) is 73.6 cm³/mol. The zero-order valence-corrected chi connectivity index (χ0v) is 11.6. The van der Waals surface area contributed by atoms with Crippen molar-refractivity contribution in [3.05, 3.63) is 0 Å². The molecule has 0 radical (unpaired) electrons. The maximum absolute atomic E-state index is 11.3. The average molecular weight is 250 g/mol. The van der Waals surface area contributed by atoms with Crippen molar-refractivity contribution in [2.24, 2.45) is 10.9 Å². The van der Waals surface area contributed by atoms with Crippen LogP contribution in [0.4, 0.5) is 0 Å². The summed E-state index contributed by atoms with van der Waals surface area (Å²) in [5.41, 5.74) is -0.667. The van der Waals surface area contributed by atoms with Gasteiger partial charge in [0.15, 0.2) is 5.72 Å². The Kier molecular flexibility index (Phi) is 3.35. The molecule has 1 N–H and O–H groups in total. The van der Waals surface area contributed by atoms with E-state index in [1.54, 1.807) is 0 Å². The highest BCUT2D eigenvalue weighted by molar-refractivity contribution is 5.85.